The van der Waals surface area contributed by atoms with Gasteiger partial charge < -0.3 is 35.8 Å². The number of carboxylic acid groups (broad SMARTS) is 3. The standard InChI is InChI=1S/C31H26BrF6N3O10/c32-17(10-14-4-2-1-3-5-14)28(48)51-27-22(29(49)50-9-8-40-7-6-39)18(13-21(46)47)41-26-16(12-20(44)45)24(30(33,34)35)15(11-19(42)43)25(23(26)27)31(36,37)38/h1-5,10,40H,6-9,11-13,39H2,(H,42,43)(H,44,45)(H,46,47)/b17-10-. The van der Waals surface area contributed by atoms with Gasteiger partial charge in [0.1, 0.15) is 16.7 Å². The number of aliphatic carboxylic acids is 3. The molecule has 0 spiro atoms. The summed E-state index contributed by atoms with van der Waals surface area (Å²) in [5.74, 6) is -10.8. The lowest BCUT2D eigenvalue weighted by atomic mass is 9.86. The van der Waals surface area contributed by atoms with Gasteiger partial charge in [0.15, 0.2) is 5.75 Å². The first kappa shape index (κ1) is 40.4. The van der Waals surface area contributed by atoms with Crippen LogP contribution in [0.15, 0.2) is 34.8 Å². The summed E-state index contributed by atoms with van der Waals surface area (Å²) in [7, 11) is 0. The minimum Gasteiger partial charge on any atom is -0.481 e. The zero-order valence-electron chi connectivity index (χ0n) is 25.8. The number of nitrogens with one attached hydrogen (secondary N) is 1. The second-order valence-corrected chi connectivity index (χ2v) is 11.2. The normalized spacial score (nSPS) is 12.1. The Bertz CT molecular complexity index is 1880. The van der Waals surface area contributed by atoms with E-state index in [2.05, 4.69) is 26.2 Å². The van der Waals surface area contributed by atoms with E-state index < -0.39 is 123 Å². The molecule has 0 saturated heterocycles. The number of rotatable bonds is 15. The maximum atomic E-state index is 15.0. The van der Waals surface area contributed by atoms with Crippen molar-refractivity contribution in [3.05, 3.63) is 73.9 Å². The van der Waals surface area contributed by atoms with E-state index in [-0.39, 0.29) is 19.6 Å². The number of fused-ring (bicyclic) bond motifs is 1. The number of aromatic nitrogens is 1. The van der Waals surface area contributed by atoms with Crippen molar-refractivity contribution in [2.24, 2.45) is 5.73 Å². The van der Waals surface area contributed by atoms with Crippen molar-refractivity contribution in [3.63, 3.8) is 0 Å². The minimum atomic E-state index is -5.92. The summed E-state index contributed by atoms with van der Waals surface area (Å²) in [6.45, 7) is -0.275. The summed E-state index contributed by atoms with van der Waals surface area (Å²) < 4.78 is 98.7. The molecule has 0 aliphatic heterocycles. The Kier molecular flexibility index (Phi) is 13.3. The van der Waals surface area contributed by atoms with Crippen LogP contribution in [0.4, 0.5) is 26.3 Å². The number of hydrogen-bond donors (Lipinski definition) is 5. The summed E-state index contributed by atoms with van der Waals surface area (Å²) in [6, 6.07) is 7.67. The summed E-state index contributed by atoms with van der Waals surface area (Å²) in [5.41, 5.74) is -6.33. The Balaban J connectivity index is 2.65. The lowest BCUT2D eigenvalue weighted by Crippen LogP contribution is -2.28. The predicted octanol–water partition coefficient (Wildman–Crippen LogP) is 4.20. The van der Waals surface area contributed by atoms with Crippen LogP contribution in [0, 0.1) is 0 Å². The monoisotopic (exact) mass is 793 g/mol. The van der Waals surface area contributed by atoms with Gasteiger partial charge in [-0.1, -0.05) is 30.3 Å². The number of halogens is 7. The second kappa shape index (κ2) is 16.8. The molecule has 6 N–H and O–H groups in total. The molecule has 0 fully saturated rings. The second-order valence-electron chi connectivity index (χ2n) is 10.4. The summed E-state index contributed by atoms with van der Waals surface area (Å²) >= 11 is 2.89. The van der Waals surface area contributed by atoms with Crippen molar-refractivity contribution in [2.75, 3.05) is 26.2 Å². The highest BCUT2D eigenvalue weighted by Gasteiger charge is 2.47. The molecule has 0 bridgehead atoms. The Hall–Kier alpha value is -5.08. The van der Waals surface area contributed by atoms with Gasteiger partial charge in [-0.3, -0.25) is 19.4 Å². The third kappa shape index (κ3) is 10.2. The van der Waals surface area contributed by atoms with Crippen LogP contribution in [0.25, 0.3) is 17.0 Å². The average molecular weight is 794 g/mol. The highest BCUT2D eigenvalue weighted by Crippen LogP contribution is 2.50. The number of nitrogens with zero attached hydrogens (tertiary/aromatic N) is 1. The lowest BCUT2D eigenvalue weighted by Gasteiger charge is -2.26. The Labute approximate surface area is 291 Å². The summed E-state index contributed by atoms with van der Waals surface area (Å²) in [4.78, 5) is 66.1. The molecule has 0 aliphatic carbocycles. The van der Waals surface area contributed by atoms with Crippen molar-refractivity contribution < 1.29 is 75.1 Å². The SMILES string of the molecule is NCCNCCOC(=O)c1c(CC(=O)O)nc2c(CC(=O)O)c(C(F)(F)F)c(CC(=O)O)c(C(F)(F)F)c2c1OC(=O)/C(Br)=C/c1ccccc1. The van der Waals surface area contributed by atoms with Crippen LogP contribution in [0.2, 0.25) is 0 Å². The molecule has 0 saturated carbocycles. The quantitative estimate of drug-likeness (QED) is 0.0632. The molecule has 1 heterocycles. The summed E-state index contributed by atoms with van der Waals surface area (Å²) in [5, 5.41) is 29.7. The molecule has 3 aromatic rings. The fourth-order valence-corrected chi connectivity index (χ4v) is 5.28. The predicted molar refractivity (Wildman–Crippen MR) is 167 cm³/mol. The van der Waals surface area contributed by atoms with Crippen LogP contribution < -0.4 is 15.8 Å². The van der Waals surface area contributed by atoms with Gasteiger partial charge in [-0.15, -0.1) is 0 Å². The number of benzene rings is 2. The molecule has 0 atom stereocenters. The zero-order valence-corrected chi connectivity index (χ0v) is 27.4. The number of ether oxygens (including phenoxy) is 2. The van der Waals surface area contributed by atoms with E-state index >= 15 is 13.2 Å². The van der Waals surface area contributed by atoms with Gasteiger partial charge in [0, 0.05) is 25.2 Å². The van der Waals surface area contributed by atoms with Crippen LogP contribution in [0.3, 0.4) is 0 Å². The average Bonchev–Trinajstić information content (AvgIpc) is 2.99. The molecule has 3 rings (SSSR count). The van der Waals surface area contributed by atoms with Crippen LogP contribution in [-0.4, -0.2) is 76.4 Å². The third-order valence-corrected chi connectivity index (χ3v) is 7.28. The number of carbonyl (C=O) groups is 5. The number of nitrogens with two attached hydrogens (primary N) is 1. The van der Waals surface area contributed by atoms with Crippen molar-refractivity contribution in [2.45, 2.75) is 31.6 Å². The van der Waals surface area contributed by atoms with Gasteiger partial charge in [-0.2, -0.15) is 26.3 Å². The van der Waals surface area contributed by atoms with E-state index in [1.54, 1.807) is 18.2 Å². The van der Waals surface area contributed by atoms with Gasteiger partial charge in [0.05, 0.1) is 47.0 Å². The number of pyridine rings is 1. The largest absolute Gasteiger partial charge is 0.481 e. The maximum Gasteiger partial charge on any atom is 0.417 e. The Morgan fingerprint density at radius 1 is 0.843 bits per heavy atom. The molecule has 0 radical (unpaired) electrons. The minimum absolute atomic E-state index is 0.104. The first-order chi connectivity index (χ1) is 23.8. The van der Waals surface area contributed by atoms with Crippen molar-refractivity contribution in [1.82, 2.24) is 10.3 Å². The van der Waals surface area contributed by atoms with Crippen molar-refractivity contribution in [1.29, 1.82) is 0 Å². The molecule has 1 aromatic heterocycles. The number of carbonyl (C=O) groups excluding carboxylic acids is 2. The third-order valence-electron chi connectivity index (χ3n) is 6.73. The van der Waals surface area contributed by atoms with Crippen molar-refractivity contribution >= 4 is 62.8 Å². The van der Waals surface area contributed by atoms with E-state index in [4.69, 9.17) is 15.2 Å². The molecule has 0 amide bonds. The van der Waals surface area contributed by atoms with Crippen molar-refractivity contribution in [3.8, 4) is 5.75 Å². The van der Waals surface area contributed by atoms with Gasteiger partial charge in [0.2, 0.25) is 0 Å². The molecular formula is C31H26BrF6N3O10. The molecule has 2 aromatic carbocycles. The topological polar surface area (TPSA) is 215 Å². The lowest BCUT2D eigenvalue weighted by molar-refractivity contribution is -0.145. The highest BCUT2D eigenvalue weighted by molar-refractivity contribution is 9.12. The highest BCUT2D eigenvalue weighted by atomic mass is 79.9. The fourth-order valence-electron chi connectivity index (χ4n) is 4.94. The summed E-state index contributed by atoms with van der Waals surface area (Å²) in [6.07, 6.45) is -15.7. The van der Waals surface area contributed by atoms with Gasteiger partial charge in [0.25, 0.3) is 0 Å². The first-order valence-corrected chi connectivity index (χ1v) is 15.1. The molecule has 13 nitrogen and oxygen atoms in total. The van der Waals surface area contributed by atoms with Crippen LogP contribution in [0.5, 0.6) is 5.75 Å². The molecule has 0 aliphatic rings. The number of alkyl halides is 6. The van der Waals surface area contributed by atoms with Gasteiger partial charge in [-0.25, -0.2) is 9.59 Å². The van der Waals surface area contributed by atoms with Crippen LogP contribution in [-0.2, 0) is 55.5 Å². The maximum absolute atomic E-state index is 15.0. The fraction of sp³-hybridized carbons (Fsp3) is 0.290. The number of carboxylic acids is 3. The molecular weight excluding hydrogens is 768 g/mol. The number of hydrogen-bond acceptors (Lipinski definition) is 10. The van der Waals surface area contributed by atoms with E-state index in [1.165, 1.54) is 12.1 Å². The van der Waals surface area contributed by atoms with Gasteiger partial charge in [-0.05, 0) is 33.1 Å². The van der Waals surface area contributed by atoms with E-state index in [0.29, 0.717) is 5.56 Å². The molecule has 0 unspecified atom stereocenters. The van der Waals surface area contributed by atoms with Crippen LogP contribution >= 0.6 is 15.9 Å². The molecule has 51 heavy (non-hydrogen) atoms. The van der Waals surface area contributed by atoms with Crippen LogP contribution in [0.1, 0.15) is 43.9 Å². The van der Waals surface area contributed by atoms with E-state index in [9.17, 15) is 52.5 Å². The number of esters is 2. The Morgan fingerprint density at radius 3 is 1.94 bits per heavy atom. The first-order valence-electron chi connectivity index (χ1n) is 14.3. The zero-order chi connectivity index (χ0) is 38.3. The van der Waals surface area contributed by atoms with E-state index in [1.807, 2.05) is 0 Å². The van der Waals surface area contributed by atoms with Gasteiger partial charge >= 0.3 is 42.2 Å². The molecule has 274 valence electrons. The Morgan fingerprint density at radius 2 is 1.41 bits per heavy atom. The molecule has 20 heteroatoms. The smallest absolute Gasteiger partial charge is 0.417 e. The van der Waals surface area contributed by atoms with E-state index in [0.717, 1.165) is 6.08 Å².